The molecule has 1 unspecified atom stereocenters. The number of unbranched alkanes of at least 4 members (excludes halogenated alkanes) is 26. The molecule has 0 aromatic carbocycles. The quantitative estimate of drug-likeness (QED) is 0.0261. The zero-order chi connectivity index (χ0) is 53.6. The molecule has 0 N–H and O–H groups in total. The van der Waals surface area contributed by atoms with Crippen LogP contribution in [0.25, 0.3) is 0 Å². The van der Waals surface area contributed by atoms with E-state index in [1.165, 1.54) is 116 Å². The van der Waals surface area contributed by atoms with Crippen molar-refractivity contribution in [2.24, 2.45) is 0 Å². The van der Waals surface area contributed by atoms with Crippen LogP contribution in [0.15, 0.2) is 109 Å². The molecule has 0 saturated carbocycles. The molecule has 0 saturated heterocycles. The van der Waals surface area contributed by atoms with Gasteiger partial charge in [0.2, 0.25) is 0 Å². The Morgan fingerprint density at radius 2 is 0.527 bits per heavy atom. The summed E-state index contributed by atoms with van der Waals surface area (Å²) in [6, 6.07) is 0. The summed E-state index contributed by atoms with van der Waals surface area (Å²) in [5.74, 6) is -0.907. The van der Waals surface area contributed by atoms with E-state index in [4.69, 9.17) is 14.2 Å². The van der Waals surface area contributed by atoms with E-state index in [-0.39, 0.29) is 31.1 Å². The van der Waals surface area contributed by atoms with Gasteiger partial charge in [0, 0.05) is 19.3 Å². The van der Waals surface area contributed by atoms with Gasteiger partial charge in [0.1, 0.15) is 13.2 Å². The Kier molecular flexibility index (Phi) is 58.3. The lowest BCUT2D eigenvalue weighted by molar-refractivity contribution is -0.167. The molecule has 6 nitrogen and oxygen atoms in total. The number of rotatable bonds is 55. The van der Waals surface area contributed by atoms with E-state index in [1.807, 2.05) is 0 Å². The van der Waals surface area contributed by atoms with Gasteiger partial charge in [0.05, 0.1) is 0 Å². The predicted octanol–water partition coefficient (Wildman–Crippen LogP) is 21.0. The second-order valence-electron chi connectivity index (χ2n) is 20.2. The fraction of sp³-hybridized carbons (Fsp3) is 0.691. The van der Waals surface area contributed by atoms with Gasteiger partial charge in [0.15, 0.2) is 6.10 Å². The first-order valence-electron chi connectivity index (χ1n) is 30.9. The van der Waals surface area contributed by atoms with E-state index in [9.17, 15) is 14.4 Å². The largest absolute Gasteiger partial charge is 0.462 e. The molecule has 0 aliphatic carbocycles. The molecule has 0 aromatic heterocycles. The van der Waals surface area contributed by atoms with Crippen molar-refractivity contribution in [2.75, 3.05) is 13.2 Å². The lowest BCUT2D eigenvalue weighted by Crippen LogP contribution is -2.30. The maximum atomic E-state index is 12.9. The average molecular weight is 1030 g/mol. The van der Waals surface area contributed by atoms with Crippen LogP contribution in [0.1, 0.15) is 284 Å². The molecule has 74 heavy (non-hydrogen) atoms. The van der Waals surface area contributed by atoms with Gasteiger partial charge in [-0.15, -0.1) is 0 Å². The van der Waals surface area contributed by atoms with E-state index in [0.717, 1.165) is 128 Å². The van der Waals surface area contributed by atoms with Crippen LogP contribution in [-0.4, -0.2) is 37.2 Å². The number of esters is 3. The first-order chi connectivity index (χ1) is 36.5. The van der Waals surface area contributed by atoms with Crippen molar-refractivity contribution in [3.05, 3.63) is 109 Å². The second kappa shape index (κ2) is 61.6. The highest BCUT2D eigenvalue weighted by Gasteiger charge is 2.19. The highest BCUT2D eigenvalue weighted by Crippen LogP contribution is 2.15. The molecule has 0 fully saturated rings. The van der Waals surface area contributed by atoms with Crippen molar-refractivity contribution in [3.63, 3.8) is 0 Å². The van der Waals surface area contributed by atoms with Crippen molar-refractivity contribution in [1.82, 2.24) is 0 Å². The van der Waals surface area contributed by atoms with E-state index in [2.05, 4.69) is 130 Å². The Labute approximate surface area is 457 Å². The Morgan fingerprint density at radius 3 is 0.838 bits per heavy atom. The van der Waals surface area contributed by atoms with E-state index < -0.39 is 6.10 Å². The molecule has 0 spiro atoms. The summed E-state index contributed by atoms with van der Waals surface area (Å²) < 4.78 is 16.9. The number of ether oxygens (including phenoxy) is 3. The molecular weight excluding hydrogens is 913 g/mol. The van der Waals surface area contributed by atoms with Crippen LogP contribution in [0, 0.1) is 0 Å². The van der Waals surface area contributed by atoms with Gasteiger partial charge in [-0.3, -0.25) is 14.4 Å². The van der Waals surface area contributed by atoms with Crippen LogP contribution in [0.3, 0.4) is 0 Å². The standard InChI is InChI=1S/C68H114O6/c1-4-7-10-13-16-19-22-25-28-30-32-34-36-38-40-43-46-49-52-55-58-61-67(70)73-64-65(63-72-66(69)60-57-54-51-48-45-42-27-24-21-18-15-12-9-6-3)74-68(71)62-59-56-53-50-47-44-41-39-37-35-33-31-29-26-23-20-17-14-11-8-5-2/h7-8,10-11,16-17,19-20,24-29,32-35,65H,4-6,9,12-15,18,21-23,30-31,36-64H2,1-3H3/b10-7-,11-8-,19-16-,20-17-,27-24-,28-25-,29-26-,34-32-,35-33-. The van der Waals surface area contributed by atoms with Gasteiger partial charge in [0.25, 0.3) is 0 Å². The van der Waals surface area contributed by atoms with Crippen LogP contribution in [0.2, 0.25) is 0 Å². The minimum atomic E-state index is -0.792. The summed E-state index contributed by atoms with van der Waals surface area (Å²) in [6.45, 7) is 6.40. The smallest absolute Gasteiger partial charge is 0.306 e. The maximum absolute atomic E-state index is 12.9. The van der Waals surface area contributed by atoms with Gasteiger partial charge in [-0.25, -0.2) is 0 Å². The number of hydrogen-bond acceptors (Lipinski definition) is 6. The van der Waals surface area contributed by atoms with E-state index >= 15 is 0 Å². The molecule has 0 amide bonds. The van der Waals surface area contributed by atoms with Crippen molar-refractivity contribution < 1.29 is 28.6 Å². The molecule has 0 aromatic rings. The topological polar surface area (TPSA) is 78.9 Å². The fourth-order valence-electron chi connectivity index (χ4n) is 8.42. The minimum absolute atomic E-state index is 0.0888. The minimum Gasteiger partial charge on any atom is -0.462 e. The first kappa shape index (κ1) is 70.1. The summed E-state index contributed by atoms with van der Waals surface area (Å²) in [6.07, 6.45) is 83.6. The van der Waals surface area contributed by atoms with Crippen LogP contribution in [-0.2, 0) is 28.6 Å². The molecule has 0 aliphatic heterocycles. The fourth-order valence-corrected chi connectivity index (χ4v) is 8.42. The monoisotopic (exact) mass is 1030 g/mol. The number of carbonyl (C=O) groups is 3. The van der Waals surface area contributed by atoms with Gasteiger partial charge in [-0.1, -0.05) is 252 Å². The molecular formula is C68H114O6. The SMILES string of the molecule is CC/C=C\C/C=C\C/C=C\C/C=C\CCCCCCCCCCC(=O)OCC(COC(=O)CCCCCCC/C=C\CCCCCCC)OC(=O)CCCCCCCCCC/C=C\C/C=C\C/C=C\C/C=C\CC. The highest BCUT2D eigenvalue weighted by molar-refractivity contribution is 5.71. The summed E-state index contributed by atoms with van der Waals surface area (Å²) in [5.41, 5.74) is 0. The van der Waals surface area contributed by atoms with E-state index in [0.29, 0.717) is 19.3 Å². The van der Waals surface area contributed by atoms with Crippen LogP contribution in [0.4, 0.5) is 0 Å². The third-order valence-corrected chi connectivity index (χ3v) is 13.0. The summed E-state index contributed by atoms with van der Waals surface area (Å²) in [7, 11) is 0. The summed E-state index contributed by atoms with van der Waals surface area (Å²) in [5, 5.41) is 0. The lowest BCUT2D eigenvalue weighted by Gasteiger charge is -2.18. The van der Waals surface area contributed by atoms with Crippen molar-refractivity contribution in [2.45, 2.75) is 290 Å². The highest BCUT2D eigenvalue weighted by atomic mass is 16.6. The summed E-state index contributed by atoms with van der Waals surface area (Å²) in [4.78, 5) is 38.3. The Hall–Kier alpha value is -3.93. The third-order valence-electron chi connectivity index (χ3n) is 13.0. The lowest BCUT2D eigenvalue weighted by atomic mass is 10.1. The average Bonchev–Trinajstić information content (AvgIpc) is 3.40. The number of carbonyl (C=O) groups excluding carboxylic acids is 3. The predicted molar refractivity (Wildman–Crippen MR) is 320 cm³/mol. The number of hydrogen-bond donors (Lipinski definition) is 0. The van der Waals surface area contributed by atoms with Crippen molar-refractivity contribution in [1.29, 1.82) is 0 Å². The van der Waals surface area contributed by atoms with Crippen LogP contribution in [0.5, 0.6) is 0 Å². The van der Waals surface area contributed by atoms with Gasteiger partial charge in [-0.2, -0.15) is 0 Å². The molecule has 6 heteroatoms. The van der Waals surface area contributed by atoms with Crippen LogP contribution < -0.4 is 0 Å². The molecule has 0 rings (SSSR count). The maximum Gasteiger partial charge on any atom is 0.306 e. The molecule has 0 heterocycles. The molecule has 1 atom stereocenters. The third kappa shape index (κ3) is 59.0. The van der Waals surface area contributed by atoms with Crippen molar-refractivity contribution >= 4 is 17.9 Å². The zero-order valence-electron chi connectivity index (χ0n) is 48.3. The Morgan fingerprint density at radius 1 is 0.284 bits per heavy atom. The molecule has 0 radical (unpaired) electrons. The summed E-state index contributed by atoms with van der Waals surface area (Å²) >= 11 is 0. The second-order valence-corrected chi connectivity index (χ2v) is 20.2. The Balaban J connectivity index is 4.41. The zero-order valence-corrected chi connectivity index (χ0v) is 48.3. The van der Waals surface area contributed by atoms with Crippen molar-refractivity contribution in [3.8, 4) is 0 Å². The van der Waals surface area contributed by atoms with Gasteiger partial charge < -0.3 is 14.2 Å². The van der Waals surface area contributed by atoms with Gasteiger partial charge in [-0.05, 0) is 122 Å². The van der Waals surface area contributed by atoms with Gasteiger partial charge >= 0.3 is 17.9 Å². The first-order valence-corrected chi connectivity index (χ1v) is 30.9. The molecule has 422 valence electrons. The molecule has 0 bridgehead atoms. The number of allylic oxidation sites excluding steroid dienone is 18. The van der Waals surface area contributed by atoms with Crippen LogP contribution >= 0.6 is 0 Å². The normalized spacial score (nSPS) is 12.9. The molecule has 0 aliphatic rings. The van der Waals surface area contributed by atoms with E-state index in [1.54, 1.807) is 0 Å². The Bertz CT molecular complexity index is 1510.